The van der Waals surface area contributed by atoms with Gasteiger partial charge in [-0.1, -0.05) is 0 Å². The maximum Gasteiger partial charge on any atom is 0.268 e. The minimum atomic E-state index is -0.194. The molecule has 0 saturated carbocycles. The van der Waals surface area contributed by atoms with Gasteiger partial charge in [0.15, 0.2) is 5.78 Å². The van der Waals surface area contributed by atoms with Gasteiger partial charge in [-0.3, -0.25) is 9.59 Å². The SMILES string of the molecule is O=C1NCCC(=O)c2c1[nH]c1cc(Br)sc21. The molecule has 82 valence electrons. The summed E-state index contributed by atoms with van der Waals surface area (Å²) in [6.45, 7) is 0.411. The number of hydrogen-bond donors (Lipinski definition) is 2. The molecule has 0 spiro atoms. The number of carbonyl (C=O) groups is 2. The molecule has 0 aliphatic carbocycles. The van der Waals surface area contributed by atoms with Crippen LogP contribution in [0.15, 0.2) is 9.85 Å². The van der Waals surface area contributed by atoms with Crippen LogP contribution in [0.2, 0.25) is 0 Å². The fourth-order valence-corrected chi connectivity index (χ4v) is 3.51. The number of aromatic nitrogens is 1. The molecule has 0 bridgehead atoms. The van der Waals surface area contributed by atoms with E-state index in [1.807, 2.05) is 6.07 Å². The number of carbonyl (C=O) groups excluding carboxylic acids is 2. The highest BCUT2D eigenvalue weighted by Gasteiger charge is 2.26. The lowest BCUT2D eigenvalue weighted by Crippen LogP contribution is -2.23. The van der Waals surface area contributed by atoms with Crippen LogP contribution in [0.25, 0.3) is 10.2 Å². The molecule has 1 amide bonds. The molecular formula is C10H7BrN2O2S. The fourth-order valence-electron chi connectivity index (χ4n) is 1.89. The molecule has 0 unspecified atom stereocenters. The van der Waals surface area contributed by atoms with E-state index in [-0.39, 0.29) is 11.7 Å². The number of amides is 1. The molecule has 0 radical (unpaired) electrons. The summed E-state index contributed by atoms with van der Waals surface area (Å²) < 4.78 is 1.82. The largest absolute Gasteiger partial charge is 0.350 e. The van der Waals surface area contributed by atoms with Crippen molar-refractivity contribution in [2.24, 2.45) is 0 Å². The smallest absolute Gasteiger partial charge is 0.268 e. The monoisotopic (exact) mass is 298 g/mol. The van der Waals surface area contributed by atoms with Crippen LogP contribution in [-0.4, -0.2) is 23.2 Å². The van der Waals surface area contributed by atoms with E-state index < -0.39 is 0 Å². The first-order valence-corrected chi connectivity index (χ1v) is 6.40. The highest BCUT2D eigenvalue weighted by atomic mass is 79.9. The van der Waals surface area contributed by atoms with Gasteiger partial charge in [0, 0.05) is 13.0 Å². The molecule has 0 fully saturated rings. The maximum absolute atomic E-state index is 11.9. The molecule has 2 aromatic rings. The highest BCUT2D eigenvalue weighted by Crippen LogP contribution is 2.35. The Morgan fingerprint density at radius 2 is 2.19 bits per heavy atom. The first-order chi connectivity index (χ1) is 7.66. The molecule has 0 aromatic carbocycles. The van der Waals surface area contributed by atoms with Gasteiger partial charge in [0.2, 0.25) is 0 Å². The third kappa shape index (κ3) is 1.33. The van der Waals surface area contributed by atoms with Gasteiger partial charge in [-0.25, -0.2) is 0 Å². The second kappa shape index (κ2) is 3.43. The van der Waals surface area contributed by atoms with E-state index in [2.05, 4.69) is 26.2 Å². The predicted molar refractivity (Wildman–Crippen MR) is 65.2 cm³/mol. The minimum absolute atomic E-state index is 0.0222. The summed E-state index contributed by atoms with van der Waals surface area (Å²) >= 11 is 4.85. The van der Waals surface area contributed by atoms with Crippen LogP contribution in [0.1, 0.15) is 27.3 Å². The van der Waals surface area contributed by atoms with Gasteiger partial charge in [-0.15, -0.1) is 11.3 Å². The topological polar surface area (TPSA) is 62.0 Å². The van der Waals surface area contributed by atoms with Crippen LogP contribution in [-0.2, 0) is 0 Å². The van der Waals surface area contributed by atoms with E-state index in [1.165, 1.54) is 11.3 Å². The molecule has 4 nitrogen and oxygen atoms in total. The number of rotatable bonds is 0. The van der Waals surface area contributed by atoms with Crippen molar-refractivity contribution in [3.8, 4) is 0 Å². The Balaban J connectivity index is 2.35. The van der Waals surface area contributed by atoms with Gasteiger partial charge in [0.05, 0.1) is 19.6 Å². The average Bonchev–Trinajstić information content (AvgIpc) is 2.68. The molecule has 1 aliphatic heterocycles. The van der Waals surface area contributed by atoms with E-state index in [0.29, 0.717) is 24.2 Å². The van der Waals surface area contributed by atoms with Crippen LogP contribution in [0, 0.1) is 0 Å². The second-order valence-electron chi connectivity index (χ2n) is 3.60. The van der Waals surface area contributed by atoms with Crippen LogP contribution in [0.4, 0.5) is 0 Å². The second-order valence-corrected chi connectivity index (χ2v) is 6.03. The van der Waals surface area contributed by atoms with Crippen molar-refractivity contribution in [1.29, 1.82) is 0 Å². The van der Waals surface area contributed by atoms with Crippen molar-refractivity contribution in [3.63, 3.8) is 0 Å². The standard InChI is InChI=1S/C10H7BrN2O2S/c11-6-3-4-9(16-6)7-5(14)1-2-12-10(15)8(7)13-4/h3,13H,1-2H2,(H,12,15). The van der Waals surface area contributed by atoms with Crippen LogP contribution in [0.5, 0.6) is 0 Å². The Morgan fingerprint density at radius 3 is 3.00 bits per heavy atom. The van der Waals surface area contributed by atoms with Crippen LogP contribution in [0.3, 0.4) is 0 Å². The van der Waals surface area contributed by atoms with Gasteiger partial charge < -0.3 is 10.3 Å². The van der Waals surface area contributed by atoms with E-state index in [9.17, 15) is 9.59 Å². The Labute approximate surface area is 103 Å². The summed E-state index contributed by atoms with van der Waals surface area (Å²) in [6, 6.07) is 1.88. The van der Waals surface area contributed by atoms with Crippen LogP contribution >= 0.6 is 27.3 Å². The average molecular weight is 299 g/mol. The van der Waals surface area contributed by atoms with Gasteiger partial charge >= 0.3 is 0 Å². The zero-order valence-corrected chi connectivity index (χ0v) is 10.5. The predicted octanol–water partition coefficient (Wildman–Crippen LogP) is 2.31. The summed E-state index contributed by atoms with van der Waals surface area (Å²) in [4.78, 5) is 26.6. The number of Topliss-reactive ketones (excluding diaryl/α,β-unsaturated/α-hetero) is 1. The summed E-state index contributed by atoms with van der Waals surface area (Å²) in [7, 11) is 0. The van der Waals surface area contributed by atoms with Crippen molar-refractivity contribution in [3.05, 3.63) is 21.1 Å². The fraction of sp³-hybridized carbons (Fsp3) is 0.200. The van der Waals surface area contributed by atoms with Crippen molar-refractivity contribution >= 4 is 49.2 Å². The molecule has 0 saturated heterocycles. The summed E-state index contributed by atoms with van der Waals surface area (Å²) in [5.41, 5.74) is 1.78. The number of hydrogen-bond acceptors (Lipinski definition) is 3. The Morgan fingerprint density at radius 1 is 1.38 bits per heavy atom. The van der Waals surface area contributed by atoms with Gasteiger partial charge in [0.25, 0.3) is 5.91 Å². The van der Waals surface area contributed by atoms with E-state index in [4.69, 9.17) is 0 Å². The summed E-state index contributed by atoms with van der Waals surface area (Å²) in [6.07, 6.45) is 0.362. The van der Waals surface area contributed by atoms with Crippen molar-refractivity contribution < 1.29 is 9.59 Å². The third-order valence-corrected chi connectivity index (χ3v) is 4.24. The number of H-pyrrole nitrogens is 1. The van der Waals surface area contributed by atoms with E-state index >= 15 is 0 Å². The molecule has 2 aromatic heterocycles. The molecule has 16 heavy (non-hydrogen) atoms. The Bertz CT molecular complexity index is 614. The molecular weight excluding hydrogens is 292 g/mol. The van der Waals surface area contributed by atoms with Gasteiger partial charge in [-0.2, -0.15) is 0 Å². The number of aromatic amines is 1. The van der Waals surface area contributed by atoms with Gasteiger partial charge in [-0.05, 0) is 22.0 Å². The number of fused-ring (bicyclic) bond motifs is 3. The lowest BCUT2D eigenvalue weighted by atomic mass is 10.1. The van der Waals surface area contributed by atoms with E-state index in [0.717, 1.165) is 14.0 Å². The highest BCUT2D eigenvalue weighted by molar-refractivity contribution is 9.11. The van der Waals surface area contributed by atoms with Crippen LogP contribution < -0.4 is 5.32 Å². The molecule has 0 atom stereocenters. The summed E-state index contributed by atoms with van der Waals surface area (Å²) in [5.74, 6) is -0.172. The minimum Gasteiger partial charge on any atom is -0.350 e. The number of halogens is 1. The first-order valence-electron chi connectivity index (χ1n) is 4.79. The number of thiophene rings is 1. The Hall–Kier alpha value is -1.14. The Kier molecular flexibility index (Phi) is 2.15. The number of ketones is 1. The normalized spacial score (nSPS) is 16.1. The van der Waals surface area contributed by atoms with E-state index in [1.54, 1.807) is 0 Å². The molecule has 1 aliphatic rings. The first kappa shape index (κ1) is 10.0. The lowest BCUT2D eigenvalue weighted by Gasteiger charge is -1.96. The van der Waals surface area contributed by atoms with Crippen molar-refractivity contribution in [1.82, 2.24) is 10.3 Å². The zero-order chi connectivity index (χ0) is 11.3. The molecule has 2 N–H and O–H groups in total. The molecule has 3 heterocycles. The third-order valence-electron chi connectivity index (χ3n) is 2.58. The maximum atomic E-state index is 11.9. The quantitative estimate of drug-likeness (QED) is 0.784. The summed E-state index contributed by atoms with van der Waals surface area (Å²) in [5, 5.41) is 2.70. The number of nitrogens with one attached hydrogen (secondary N) is 2. The molecule has 6 heteroatoms. The zero-order valence-electron chi connectivity index (χ0n) is 8.09. The lowest BCUT2D eigenvalue weighted by molar-refractivity contribution is 0.0952. The van der Waals surface area contributed by atoms with Crippen molar-refractivity contribution in [2.45, 2.75) is 6.42 Å². The molecule has 3 rings (SSSR count). The van der Waals surface area contributed by atoms with Gasteiger partial charge in [0.1, 0.15) is 5.69 Å². The van der Waals surface area contributed by atoms with Crippen molar-refractivity contribution in [2.75, 3.05) is 6.54 Å².